The number of benzene rings is 1. The highest BCUT2D eigenvalue weighted by Gasteiger charge is 2.51. The molecule has 0 unspecified atom stereocenters. The third-order valence-corrected chi connectivity index (χ3v) is 5.13. The Kier molecular flexibility index (Phi) is 7.19. The zero-order valence-corrected chi connectivity index (χ0v) is 18.5. The summed E-state index contributed by atoms with van der Waals surface area (Å²) in [6, 6.07) is 5.31. The fourth-order valence-electron chi connectivity index (χ4n) is 2.80. The molecule has 1 aliphatic rings. The molecule has 1 heterocycles. The summed E-state index contributed by atoms with van der Waals surface area (Å²) in [5.74, 6) is 1.42. The van der Waals surface area contributed by atoms with Crippen molar-refractivity contribution in [3.8, 4) is 11.5 Å². The first-order valence-corrected chi connectivity index (χ1v) is 9.72. The van der Waals surface area contributed by atoms with E-state index in [1.165, 1.54) is 0 Å². The van der Waals surface area contributed by atoms with Crippen LogP contribution in [0.2, 0.25) is 0 Å². The van der Waals surface area contributed by atoms with Gasteiger partial charge >= 0.3 is 13.1 Å². The van der Waals surface area contributed by atoms with Gasteiger partial charge in [-0.25, -0.2) is 0 Å². The van der Waals surface area contributed by atoms with Crippen molar-refractivity contribution < 1.29 is 28.3 Å². The van der Waals surface area contributed by atoms with Crippen LogP contribution in [-0.2, 0) is 25.3 Å². The van der Waals surface area contributed by atoms with Gasteiger partial charge in [-0.15, -0.1) is 0 Å². The van der Waals surface area contributed by atoms with Gasteiger partial charge in [0.05, 0.1) is 31.3 Å². The fraction of sp³-hybridized carbons (Fsp3) is 0.500. The minimum atomic E-state index is -0.553. The number of esters is 1. The Morgan fingerprint density at radius 2 is 1.83 bits per heavy atom. The van der Waals surface area contributed by atoms with Gasteiger partial charge in [-0.2, -0.15) is 0 Å². The highest BCUT2D eigenvalue weighted by atomic mass is 16.7. The molecular formula is C22H31BO6. The van der Waals surface area contributed by atoms with Crippen LogP contribution in [0.5, 0.6) is 11.5 Å². The van der Waals surface area contributed by atoms with E-state index in [0.717, 1.165) is 0 Å². The first-order chi connectivity index (χ1) is 13.5. The van der Waals surface area contributed by atoms with E-state index in [0.29, 0.717) is 34.9 Å². The average molecular weight is 402 g/mol. The summed E-state index contributed by atoms with van der Waals surface area (Å²) in [5, 5.41) is 0. The van der Waals surface area contributed by atoms with Gasteiger partial charge in [0.1, 0.15) is 17.3 Å². The monoisotopic (exact) mass is 402 g/mol. The van der Waals surface area contributed by atoms with Gasteiger partial charge in [0.15, 0.2) is 0 Å². The molecule has 1 aliphatic heterocycles. The molecule has 0 saturated carbocycles. The highest BCUT2D eigenvalue weighted by Crippen LogP contribution is 2.38. The Bertz CT molecular complexity index is 780. The Hall–Kier alpha value is -2.25. The number of rotatable bonds is 8. The van der Waals surface area contributed by atoms with Gasteiger partial charge in [-0.3, -0.25) is 4.79 Å². The molecule has 0 radical (unpaired) electrons. The average Bonchev–Trinajstić information content (AvgIpc) is 2.84. The Morgan fingerprint density at radius 1 is 1.21 bits per heavy atom. The maximum Gasteiger partial charge on any atom is 0.494 e. The van der Waals surface area contributed by atoms with Crippen molar-refractivity contribution in [3.63, 3.8) is 0 Å². The third-order valence-electron chi connectivity index (χ3n) is 5.13. The Balaban J connectivity index is 2.17. The smallest absolute Gasteiger partial charge is 0.494 e. The van der Waals surface area contributed by atoms with Crippen LogP contribution in [0.25, 0.3) is 0 Å². The molecule has 2 rings (SSSR count). The summed E-state index contributed by atoms with van der Waals surface area (Å²) in [7, 11) is 1.02. The predicted molar refractivity (Wildman–Crippen MR) is 113 cm³/mol. The molecule has 1 saturated heterocycles. The van der Waals surface area contributed by atoms with E-state index < -0.39 is 18.3 Å². The van der Waals surface area contributed by atoms with E-state index in [9.17, 15) is 4.79 Å². The molecule has 6 nitrogen and oxygen atoms in total. The van der Waals surface area contributed by atoms with E-state index in [4.69, 9.17) is 23.5 Å². The molecule has 0 amide bonds. The number of carbonyl (C=O) groups is 1. The minimum Gasteiger partial charge on any atom is -0.497 e. The van der Waals surface area contributed by atoms with Crippen molar-refractivity contribution >= 4 is 13.1 Å². The molecule has 7 heteroatoms. The predicted octanol–water partition coefficient (Wildman–Crippen LogP) is 4.27. The van der Waals surface area contributed by atoms with Crippen LogP contribution < -0.4 is 9.47 Å². The first-order valence-electron chi connectivity index (χ1n) is 9.72. The molecule has 29 heavy (non-hydrogen) atoms. The summed E-state index contributed by atoms with van der Waals surface area (Å²) >= 11 is 0. The van der Waals surface area contributed by atoms with Crippen molar-refractivity contribution in [3.05, 3.63) is 47.6 Å². The second-order valence-electron chi connectivity index (χ2n) is 7.98. The number of allylic oxidation sites excluding steroid dienone is 3. The Labute approximate surface area is 174 Å². The van der Waals surface area contributed by atoms with Gasteiger partial charge in [-0.05, 0) is 59.2 Å². The number of methoxy groups -OCH3 is 1. The van der Waals surface area contributed by atoms with Crippen molar-refractivity contribution in [1.82, 2.24) is 0 Å². The number of ether oxygens (including phenoxy) is 3. The Morgan fingerprint density at radius 3 is 2.38 bits per heavy atom. The number of hydrogen-bond donors (Lipinski definition) is 0. The van der Waals surface area contributed by atoms with E-state index in [-0.39, 0.29) is 12.4 Å². The standard InChI is InChI=1S/C22H31BO6/c1-9-26-20(24)13-17-10-11-18(25-8)14-19(17)27-16(3)12-15(2)23-28-21(4,5)22(6,7)29-23/h10-12,14H,2,9,13H2,1,3-8H3/b16-12+. The molecule has 1 fully saturated rings. The lowest BCUT2D eigenvalue weighted by molar-refractivity contribution is -0.142. The van der Waals surface area contributed by atoms with Gasteiger partial charge in [0, 0.05) is 11.6 Å². The summed E-state index contributed by atoms with van der Waals surface area (Å²) in [4.78, 5) is 11.9. The van der Waals surface area contributed by atoms with Crippen LogP contribution in [0.1, 0.15) is 47.1 Å². The van der Waals surface area contributed by atoms with Gasteiger partial charge in [0.2, 0.25) is 0 Å². The minimum absolute atomic E-state index is 0.110. The zero-order chi connectivity index (χ0) is 21.8. The lowest BCUT2D eigenvalue weighted by Gasteiger charge is -2.32. The summed E-state index contributed by atoms with van der Waals surface area (Å²) in [6.07, 6.45) is 1.88. The maximum atomic E-state index is 11.9. The highest BCUT2D eigenvalue weighted by molar-refractivity contribution is 6.55. The molecule has 1 aromatic carbocycles. The molecule has 0 spiro atoms. The van der Waals surface area contributed by atoms with Gasteiger partial charge in [-0.1, -0.05) is 12.6 Å². The van der Waals surface area contributed by atoms with Gasteiger partial charge < -0.3 is 23.5 Å². The lowest BCUT2D eigenvalue weighted by Crippen LogP contribution is -2.41. The number of hydrogen-bond acceptors (Lipinski definition) is 6. The summed E-state index contributed by atoms with van der Waals surface area (Å²) in [5.41, 5.74) is 0.472. The van der Waals surface area contributed by atoms with E-state index >= 15 is 0 Å². The topological polar surface area (TPSA) is 63.2 Å². The molecule has 0 aromatic heterocycles. The number of carbonyl (C=O) groups excluding carboxylic acids is 1. The quantitative estimate of drug-likeness (QED) is 0.280. The normalized spacial score (nSPS) is 17.8. The first kappa shape index (κ1) is 23.0. The van der Waals surface area contributed by atoms with E-state index in [1.54, 1.807) is 38.3 Å². The molecule has 0 aliphatic carbocycles. The zero-order valence-electron chi connectivity index (χ0n) is 18.5. The van der Waals surface area contributed by atoms with Crippen LogP contribution in [0.3, 0.4) is 0 Å². The maximum absolute atomic E-state index is 11.9. The summed E-state index contributed by atoms with van der Waals surface area (Å²) < 4.78 is 28.4. The summed E-state index contributed by atoms with van der Waals surface area (Å²) in [6.45, 7) is 16.0. The van der Waals surface area contributed by atoms with Crippen LogP contribution in [0.4, 0.5) is 0 Å². The van der Waals surface area contributed by atoms with Crippen molar-refractivity contribution in [2.24, 2.45) is 0 Å². The molecule has 1 aromatic rings. The molecule has 0 bridgehead atoms. The van der Waals surface area contributed by atoms with Crippen LogP contribution in [-0.4, -0.2) is 38.0 Å². The second-order valence-corrected chi connectivity index (χ2v) is 7.98. The SMILES string of the molecule is C=C(/C=C(\C)Oc1cc(OC)ccc1CC(=O)OCC)B1OC(C)(C)C(C)(C)O1. The molecular weight excluding hydrogens is 371 g/mol. The van der Waals surface area contributed by atoms with Gasteiger partial charge in [0.25, 0.3) is 0 Å². The van der Waals surface area contributed by atoms with Crippen molar-refractivity contribution in [2.45, 2.75) is 59.2 Å². The second kappa shape index (κ2) is 9.05. The van der Waals surface area contributed by atoms with Crippen molar-refractivity contribution in [2.75, 3.05) is 13.7 Å². The largest absolute Gasteiger partial charge is 0.497 e. The fourth-order valence-corrected chi connectivity index (χ4v) is 2.80. The van der Waals surface area contributed by atoms with Crippen LogP contribution >= 0.6 is 0 Å². The van der Waals surface area contributed by atoms with Crippen LogP contribution in [0, 0.1) is 0 Å². The van der Waals surface area contributed by atoms with Crippen LogP contribution in [0.15, 0.2) is 42.1 Å². The van der Waals surface area contributed by atoms with E-state index in [1.807, 2.05) is 34.6 Å². The van der Waals surface area contributed by atoms with E-state index in [2.05, 4.69) is 6.58 Å². The lowest BCUT2D eigenvalue weighted by atomic mass is 9.79. The molecule has 0 N–H and O–H groups in total. The van der Waals surface area contributed by atoms with Crippen molar-refractivity contribution in [1.29, 1.82) is 0 Å². The molecule has 158 valence electrons. The molecule has 0 atom stereocenters. The third kappa shape index (κ3) is 5.64.